The van der Waals surface area contributed by atoms with Gasteiger partial charge in [-0.05, 0) is 30.9 Å². The van der Waals surface area contributed by atoms with Crippen molar-refractivity contribution in [3.63, 3.8) is 0 Å². The Hall–Kier alpha value is -2.37. The standard InChI is InChI=1S/C22H31N3O3/c1-14(2)17-12-27-20(24-17)22(5,21-25-18(13-28-21)15(3)4)11-19(26)23-16-9-7-6-8-10-16/h6-10,14-15,17-18H,11-13H2,1-5H3,(H,23,26)/t17-,18-/m1/s1. The number of nitrogens with zero attached hydrogens (tertiary/aromatic N) is 2. The summed E-state index contributed by atoms with van der Waals surface area (Å²) in [6, 6.07) is 9.62. The van der Waals surface area contributed by atoms with Crippen LogP contribution in [0, 0.1) is 17.3 Å². The van der Waals surface area contributed by atoms with Crippen molar-refractivity contribution >= 4 is 23.4 Å². The lowest BCUT2D eigenvalue weighted by molar-refractivity contribution is -0.117. The summed E-state index contributed by atoms with van der Waals surface area (Å²) in [5.41, 5.74) is -0.0508. The van der Waals surface area contributed by atoms with Gasteiger partial charge in [0, 0.05) is 12.1 Å². The number of amides is 1. The van der Waals surface area contributed by atoms with E-state index in [2.05, 4.69) is 33.0 Å². The van der Waals surface area contributed by atoms with Gasteiger partial charge in [0.1, 0.15) is 18.6 Å². The second kappa shape index (κ2) is 8.33. The van der Waals surface area contributed by atoms with Gasteiger partial charge in [-0.15, -0.1) is 0 Å². The molecule has 2 aliphatic heterocycles. The predicted octanol–water partition coefficient (Wildman–Crippen LogP) is 3.93. The third kappa shape index (κ3) is 4.37. The molecule has 1 aromatic carbocycles. The number of aliphatic imine (C=N–C) groups is 2. The quantitative estimate of drug-likeness (QED) is 0.773. The fourth-order valence-electron chi connectivity index (χ4n) is 3.36. The molecule has 2 atom stereocenters. The van der Waals surface area contributed by atoms with E-state index < -0.39 is 5.41 Å². The van der Waals surface area contributed by atoms with E-state index in [4.69, 9.17) is 19.5 Å². The maximum atomic E-state index is 12.8. The number of benzene rings is 1. The largest absolute Gasteiger partial charge is 0.478 e. The number of carbonyl (C=O) groups is 1. The summed E-state index contributed by atoms with van der Waals surface area (Å²) in [5.74, 6) is 1.73. The number of para-hydroxylation sites is 1. The van der Waals surface area contributed by atoms with Crippen molar-refractivity contribution < 1.29 is 14.3 Å². The SMILES string of the molecule is CC(C)[C@H]1COC(C(C)(CC(=O)Nc2ccccc2)C2=N[C@@H](C(C)C)CO2)=N1. The normalized spacial score (nSPS) is 22.0. The molecule has 28 heavy (non-hydrogen) atoms. The van der Waals surface area contributed by atoms with E-state index in [1.54, 1.807) is 0 Å². The van der Waals surface area contributed by atoms with Crippen molar-refractivity contribution in [2.75, 3.05) is 18.5 Å². The lowest BCUT2D eigenvalue weighted by Crippen LogP contribution is -2.40. The Balaban J connectivity index is 1.86. The van der Waals surface area contributed by atoms with Crippen LogP contribution >= 0.6 is 0 Å². The van der Waals surface area contributed by atoms with Crippen LogP contribution in [-0.4, -0.2) is 43.0 Å². The number of hydrogen-bond acceptors (Lipinski definition) is 5. The first kappa shape index (κ1) is 20.4. The van der Waals surface area contributed by atoms with E-state index in [-0.39, 0.29) is 24.4 Å². The van der Waals surface area contributed by atoms with Gasteiger partial charge in [-0.1, -0.05) is 45.9 Å². The summed E-state index contributed by atoms with van der Waals surface area (Å²) in [7, 11) is 0. The van der Waals surface area contributed by atoms with Crippen LogP contribution in [-0.2, 0) is 14.3 Å². The molecule has 0 radical (unpaired) electrons. The van der Waals surface area contributed by atoms with Gasteiger partial charge in [-0.3, -0.25) is 4.79 Å². The van der Waals surface area contributed by atoms with Gasteiger partial charge in [0.25, 0.3) is 0 Å². The number of anilines is 1. The Morgan fingerprint density at radius 1 is 1.04 bits per heavy atom. The number of rotatable bonds is 7. The second-order valence-corrected chi connectivity index (χ2v) is 8.54. The zero-order valence-corrected chi connectivity index (χ0v) is 17.4. The minimum absolute atomic E-state index is 0.0920. The highest BCUT2D eigenvalue weighted by Crippen LogP contribution is 2.35. The highest BCUT2D eigenvalue weighted by Gasteiger charge is 2.47. The Bertz CT molecular complexity index is 722. The number of ether oxygens (including phenoxy) is 2. The van der Waals surface area contributed by atoms with Gasteiger partial charge in [0.05, 0.1) is 12.1 Å². The van der Waals surface area contributed by atoms with Gasteiger partial charge in [-0.25, -0.2) is 9.98 Å². The molecule has 2 heterocycles. The molecule has 1 amide bonds. The lowest BCUT2D eigenvalue weighted by Gasteiger charge is -2.27. The fraction of sp³-hybridized carbons (Fsp3) is 0.591. The molecule has 0 fully saturated rings. The molecule has 0 saturated carbocycles. The van der Waals surface area contributed by atoms with Crippen LogP contribution in [0.15, 0.2) is 40.3 Å². The van der Waals surface area contributed by atoms with Crippen LogP contribution < -0.4 is 5.32 Å². The molecule has 0 aliphatic carbocycles. The van der Waals surface area contributed by atoms with Gasteiger partial charge >= 0.3 is 0 Å². The van der Waals surface area contributed by atoms with Crippen molar-refractivity contribution in [2.24, 2.45) is 27.2 Å². The average Bonchev–Trinajstić information content (AvgIpc) is 3.33. The molecule has 6 nitrogen and oxygen atoms in total. The van der Waals surface area contributed by atoms with Crippen molar-refractivity contribution in [3.8, 4) is 0 Å². The number of hydrogen-bond donors (Lipinski definition) is 1. The zero-order chi connectivity index (χ0) is 20.3. The molecule has 2 aliphatic rings. The molecule has 0 spiro atoms. The van der Waals surface area contributed by atoms with Crippen LogP contribution in [0.2, 0.25) is 0 Å². The Kier molecular flexibility index (Phi) is 6.06. The van der Waals surface area contributed by atoms with E-state index in [9.17, 15) is 4.79 Å². The van der Waals surface area contributed by atoms with Crippen LogP contribution in [0.25, 0.3) is 0 Å². The first-order valence-corrected chi connectivity index (χ1v) is 10.1. The predicted molar refractivity (Wildman–Crippen MR) is 112 cm³/mol. The van der Waals surface area contributed by atoms with Crippen LogP contribution in [0.4, 0.5) is 5.69 Å². The molecule has 0 bridgehead atoms. The highest BCUT2D eigenvalue weighted by atomic mass is 16.5. The van der Waals surface area contributed by atoms with Crippen molar-refractivity contribution in [2.45, 2.75) is 53.1 Å². The zero-order valence-electron chi connectivity index (χ0n) is 17.4. The molecule has 0 unspecified atom stereocenters. The average molecular weight is 386 g/mol. The van der Waals surface area contributed by atoms with Crippen molar-refractivity contribution in [1.82, 2.24) is 0 Å². The maximum absolute atomic E-state index is 12.8. The number of carbonyl (C=O) groups excluding carboxylic acids is 1. The molecule has 0 aromatic heterocycles. The third-order valence-electron chi connectivity index (χ3n) is 5.40. The topological polar surface area (TPSA) is 72.3 Å². The Labute approximate surface area is 167 Å². The van der Waals surface area contributed by atoms with Crippen LogP contribution in [0.3, 0.4) is 0 Å². The van der Waals surface area contributed by atoms with Gasteiger partial charge in [0.2, 0.25) is 5.91 Å². The summed E-state index contributed by atoms with van der Waals surface area (Å²) >= 11 is 0. The fourth-order valence-corrected chi connectivity index (χ4v) is 3.36. The van der Waals surface area contributed by atoms with Gasteiger partial charge in [0.15, 0.2) is 11.8 Å². The molecular weight excluding hydrogens is 354 g/mol. The van der Waals surface area contributed by atoms with Crippen LogP contribution in [0.5, 0.6) is 0 Å². The molecule has 152 valence electrons. The van der Waals surface area contributed by atoms with E-state index in [0.717, 1.165) is 5.69 Å². The van der Waals surface area contributed by atoms with E-state index in [1.807, 2.05) is 37.3 Å². The summed E-state index contributed by atoms with van der Waals surface area (Å²) in [6.45, 7) is 11.5. The maximum Gasteiger partial charge on any atom is 0.225 e. The molecular formula is C22H31N3O3. The molecule has 0 saturated heterocycles. The Morgan fingerprint density at radius 2 is 1.54 bits per heavy atom. The summed E-state index contributed by atoms with van der Waals surface area (Å²) in [6.07, 6.45) is 0.162. The van der Waals surface area contributed by atoms with Gasteiger partial charge in [-0.2, -0.15) is 0 Å². The van der Waals surface area contributed by atoms with E-state index in [0.29, 0.717) is 36.8 Å². The number of nitrogens with one attached hydrogen (secondary N) is 1. The third-order valence-corrected chi connectivity index (χ3v) is 5.40. The van der Waals surface area contributed by atoms with Gasteiger partial charge < -0.3 is 14.8 Å². The first-order chi connectivity index (χ1) is 13.3. The van der Waals surface area contributed by atoms with E-state index >= 15 is 0 Å². The van der Waals surface area contributed by atoms with Crippen LogP contribution in [0.1, 0.15) is 41.0 Å². The van der Waals surface area contributed by atoms with E-state index in [1.165, 1.54) is 0 Å². The molecule has 1 aromatic rings. The summed E-state index contributed by atoms with van der Waals surface area (Å²) in [5, 5.41) is 2.95. The lowest BCUT2D eigenvalue weighted by atomic mass is 9.85. The summed E-state index contributed by atoms with van der Waals surface area (Å²) in [4.78, 5) is 22.4. The highest BCUT2D eigenvalue weighted by molar-refractivity contribution is 6.10. The summed E-state index contributed by atoms with van der Waals surface area (Å²) < 4.78 is 11.9. The minimum atomic E-state index is -0.813. The first-order valence-electron chi connectivity index (χ1n) is 10.1. The molecule has 3 rings (SSSR count). The smallest absolute Gasteiger partial charge is 0.225 e. The molecule has 1 N–H and O–H groups in total. The minimum Gasteiger partial charge on any atom is -0.478 e. The monoisotopic (exact) mass is 385 g/mol. The second-order valence-electron chi connectivity index (χ2n) is 8.54. The molecule has 6 heteroatoms. The van der Waals surface area contributed by atoms with Crippen molar-refractivity contribution in [3.05, 3.63) is 30.3 Å². The Morgan fingerprint density at radius 3 is 1.96 bits per heavy atom. The van der Waals surface area contributed by atoms with Crippen molar-refractivity contribution in [1.29, 1.82) is 0 Å².